The number of fused-ring (bicyclic) bond motifs is 3. The Labute approximate surface area is 133 Å². The van der Waals surface area contributed by atoms with E-state index in [1.54, 1.807) is 30.3 Å². The molecule has 23 heavy (non-hydrogen) atoms. The van der Waals surface area contributed by atoms with Gasteiger partial charge in [0.15, 0.2) is 5.75 Å². The lowest BCUT2D eigenvalue weighted by Crippen LogP contribution is -2.65. The van der Waals surface area contributed by atoms with Crippen LogP contribution >= 0.6 is 0 Å². The van der Waals surface area contributed by atoms with Crippen molar-refractivity contribution in [1.82, 2.24) is 9.62 Å². The van der Waals surface area contributed by atoms with Gasteiger partial charge in [-0.25, -0.2) is 8.42 Å². The van der Waals surface area contributed by atoms with Crippen molar-refractivity contribution in [2.24, 2.45) is 5.92 Å². The molecule has 2 bridgehead atoms. The van der Waals surface area contributed by atoms with Gasteiger partial charge in [-0.15, -0.1) is 0 Å². The Kier molecular flexibility index (Phi) is 4.18. The number of nitrogens with zero attached hydrogens (tertiary/aromatic N) is 1. The van der Waals surface area contributed by atoms with Gasteiger partial charge in [-0.2, -0.15) is 17.9 Å². The lowest BCUT2D eigenvalue weighted by molar-refractivity contribution is -0.107. The topological polar surface area (TPSA) is 49.4 Å². The van der Waals surface area contributed by atoms with Crippen molar-refractivity contribution < 1.29 is 21.6 Å². The first-order valence-corrected chi connectivity index (χ1v) is 9.24. The van der Waals surface area contributed by atoms with Crippen molar-refractivity contribution in [2.45, 2.75) is 31.1 Å². The van der Waals surface area contributed by atoms with Crippen molar-refractivity contribution in [3.63, 3.8) is 0 Å². The fourth-order valence-electron chi connectivity index (χ4n) is 3.75. The molecule has 8 heteroatoms. The van der Waals surface area contributed by atoms with Crippen LogP contribution in [0.2, 0.25) is 0 Å². The number of rotatable bonds is 4. The van der Waals surface area contributed by atoms with Crippen LogP contribution in [0.3, 0.4) is 0 Å². The fraction of sp³-hybridized carbons (Fsp3) is 0.600. The second kappa shape index (κ2) is 5.75. The average molecular weight is 348 g/mol. The molecule has 3 saturated heterocycles. The molecule has 3 aliphatic rings. The summed E-state index contributed by atoms with van der Waals surface area (Å²) in [5, 5.41) is 0. The van der Waals surface area contributed by atoms with Gasteiger partial charge in [0.25, 0.3) is 0 Å². The largest absolute Gasteiger partial charge is 0.404 e. The van der Waals surface area contributed by atoms with Gasteiger partial charge >= 0.3 is 6.18 Å². The van der Waals surface area contributed by atoms with Crippen molar-refractivity contribution >= 4 is 10.0 Å². The highest BCUT2D eigenvalue weighted by Crippen LogP contribution is 2.44. The molecule has 4 rings (SSSR count). The Hall–Kier alpha value is -1.12. The van der Waals surface area contributed by atoms with Gasteiger partial charge in [-0.05, 0) is 30.7 Å². The summed E-state index contributed by atoms with van der Waals surface area (Å²) in [6, 6.07) is 8.91. The Bertz CT molecular complexity index is 655. The molecule has 1 aromatic carbocycles. The molecule has 0 amide bonds. The minimum absolute atomic E-state index is 0.328. The van der Waals surface area contributed by atoms with Crippen molar-refractivity contribution in [1.29, 1.82) is 0 Å². The lowest BCUT2D eigenvalue weighted by atomic mass is 9.76. The molecule has 0 aromatic heterocycles. The monoisotopic (exact) mass is 348 g/mol. The fourth-order valence-corrected chi connectivity index (χ4v) is 5.10. The normalized spacial score (nSPS) is 31.3. The summed E-state index contributed by atoms with van der Waals surface area (Å²) in [5.74, 6) is -1.53. The summed E-state index contributed by atoms with van der Waals surface area (Å²) in [7, 11) is -4.48. The molecule has 0 aliphatic carbocycles. The van der Waals surface area contributed by atoms with Gasteiger partial charge in [0, 0.05) is 13.1 Å². The number of sulfonamides is 1. The Morgan fingerprint density at radius 3 is 2.26 bits per heavy atom. The molecule has 0 spiro atoms. The third-order valence-corrected chi connectivity index (χ3v) is 6.02. The van der Waals surface area contributed by atoms with Gasteiger partial charge in [0.05, 0.1) is 0 Å². The van der Waals surface area contributed by atoms with Crippen LogP contribution in [0.4, 0.5) is 13.2 Å². The maximum atomic E-state index is 12.6. The third kappa shape index (κ3) is 3.54. The van der Waals surface area contributed by atoms with Crippen molar-refractivity contribution in [3.8, 4) is 0 Å². The number of halogens is 3. The number of alkyl halides is 3. The van der Waals surface area contributed by atoms with Crippen LogP contribution in [0.25, 0.3) is 0 Å². The number of nitrogens with one attached hydrogen (secondary N) is 1. The molecule has 1 N–H and O–H groups in total. The Morgan fingerprint density at radius 2 is 1.78 bits per heavy atom. The van der Waals surface area contributed by atoms with Crippen molar-refractivity contribution in [2.75, 3.05) is 18.8 Å². The van der Waals surface area contributed by atoms with Crippen LogP contribution in [-0.4, -0.2) is 38.3 Å². The smallest absolute Gasteiger partial charge is 0.281 e. The molecule has 4 nitrogen and oxygen atoms in total. The molecular weight excluding hydrogens is 329 g/mol. The summed E-state index contributed by atoms with van der Waals surface area (Å²) >= 11 is 0. The highest BCUT2D eigenvalue weighted by atomic mass is 32.2. The summed E-state index contributed by atoms with van der Waals surface area (Å²) in [4.78, 5) is 1.97. The maximum absolute atomic E-state index is 12.6. The summed E-state index contributed by atoms with van der Waals surface area (Å²) in [5.41, 5.74) is -0.359. The number of benzene rings is 1. The van der Waals surface area contributed by atoms with Gasteiger partial charge in [0.1, 0.15) is 5.66 Å². The second-order valence-electron chi connectivity index (χ2n) is 6.34. The molecule has 0 saturated carbocycles. The van der Waals surface area contributed by atoms with Gasteiger partial charge < -0.3 is 0 Å². The van der Waals surface area contributed by atoms with E-state index in [9.17, 15) is 21.6 Å². The molecule has 1 atom stereocenters. The van der Waals surface area contributed by atoms with E-state index in [0.29, 0.717) is 31.0 Å². The summed E-state index contributed by atoms with van der Waals surface area (Å²) in [6.07, 6.45) is -2.34. The Morgan fingerprint density at radius 1 is 1.17 bits per heavy atom. The van der Waals surface area contributed by atoms with Gasteiger partial charge in [-0.1, -0.05) is 30.3 Å². The molecule has 128 valence electrons. The SMILES string of the molecule is O=S(=O)(CC(F)(F)F)NC1(c2ccccc2)CC2CCN1CC2. The van der Waals surface area contributed by atoms with Crippen LogP contribution in [0.5, 0.6) is 0 Å². The minimum atomic E-state index is -4.76. The quantitative estimate of drug-likeness (QED) is 0.909. The summed E-state index contributed by atoms with van der Waals surface area (Å²) in [6.45, 7) is 1.38. The molecule has 3 heterocycles. The predicted octanol–water partition coefficient (Wildman–Crippen LogP) is 2.44. The van der Waals surface area contributed by atoms with Crippen molar-refractivity contribution in [3.05, 3.63) is 35.9 Å². The van der Waals surface area contributed by atoms with E-state index in [-0.39, 0.29) is 0 Å². The molecular formula is C15H19F3N2O2S. The van der Waals surface area contributed by atoms with E-state index < -0.39 is 27.6 Å². The standard InChI is InChI=1S/C15H19F3N2O2S/c16-15(17,18)11-23(21,22)19-14(13-4-2-1-3-5-13)10-12-6-8-20(14)9-7-12/h1-5,12,19H,6-11H2. The van der Waals surface area contributed by atoms with E-state index >= 15 is 0 Å². The van der Waals surface area contributed by atoms with Crippen LogP contribution in [0, 0.1) is 5.92 Å². The molecule has 3 aliphatic heterocycles. The highest BCUT2D eigenvalue weighted by molar-refractivity contribution is 7.89. The first-order chi connectivity index (χ1) is 10.7. The number of hydrogen-bond donors (Lipinski definition) is 1. The first kappa shape index (κ1) is 16.7. The van der Waals surface area contributed by atoms with E-state index in [4.69, 9.17) is 0 Å². The summed E-state index contributed by atoms with van der Waals surface area (Å²) < 4.78 is 64.4. The Balaban J connectivity index is 1.97. The van der Waals surface area contributed by atoms with Gasteiger partial charge in [0.2, 0.25) is 10.0 Å². The molecule has 3 fully saturated rings. The van der Waals surface area contributed by atoms with E-state index in [1.165, 1.54) is 0 Å². The van der Waals surface area contributed by atoms with Crippen LogP contribution in [0.15, 0.2) is 30.3 Å². The molecule has 0 radical (unpaired) electrons. The zero-order valence-electron chi connectivity index (χ0n) is 12.5. The maximum Gasteiger partial charge on any atom is 0.404 e. The minimum Gasteiger partial charge on any atom is -0.281 e. The van der Waals surface area contributed by atoms with Gasteiger partial charge in [-0.3, -0.25) is 4.90 Å². The molecule has 1 unspecified atom stereocenters. The predicted molar refractivity (Wildman–Crippen MR) is 80.0 cm³/mol. The molecule has 1 aromatic rings. The highest BCUT2D eigenvalue weighted by Gasteiger charge is 2.50. The number of piperidine rings is 3. The zero-order chi connectivity index (χ0) is 16.7. The van der Waals surface area contributed by atoms with Crippen LogP contribution < -0.4 is 4.72 Å². The third-order valence-electron chi connectivity index (χ3n) is 4.67. The lowest BCUT2D eigenvalue weighted by Gasteiger charge is -2.54. The van der Waals surface area contributed by atoms with Crippen LogP contribution in [0.1, 0.15) is 24.8 Å². The number of hydrogen-bond acceptors (Lipinski definition) is 3. The zero-order valence-corrected chi connectivity index (χ0v) is 13.3. The van der Waals surface area contributed by atoms with E-state index in [1.807, 2.05) is 4.90 Å². The first-order valence-electron chi connectivity index (χ1n) is 7.59. The average Bonchev–Trinajstić information content (AvgIpc) is 2.46. The van der Waals surface area contributed by atoms with E-state index in [2.05, 4.69) is 4.72 Å². The second-order valence-corrected chi connectivity index (χ2v) is 8.06. The van der Waals surface area contributed by atoms with E-state index in [0.717, 1.165) is 12.8 Å². The van der Waals surface area contributed by atoms with Crippen LogP contribution in [-0.2, 0) is 15.7 Å².